The Bertz CT molecular complexity index is 291. The van der Waals surface area contributed by atoms with Crippen LogP contribution in [0.3, 0.4) is 0 Å². The number of hydrogen-bond acceptors (Lipinski definition) is 1. The molecule has 0 heterocycles. The summed E-state index contributed by atoms with van der Waals surface area (Å²) in [6, 6.07) is 2.91. The molecule has 78 valence electrons. The number of alkyl halides is 3. The van der Waals surface area contributed by atoms with Gasteiger partial charge >= 0.3 is 6.18 Å². The highest BCUT2D eigenvalue weighted by Gasteiger charge is 2.36. The van der Waals surface area contributed by atoms with Gasteiger partial charge in [-0.2, -0.15) is 13.2 Å². The summed E-state index contributed by atoms with van der Waals surface area (Å²) in [4.78, 5) is 0. The van der Waals surface area contributed by atoms with Crippen molar-refractivity contribution in [3.63, 3.8) is 0 Å². The molecule has 0 amide bonds. The number of halogens is 4. The first-order chi connectivity index (χ1) is 6.39. The summed E-state index contributed by atoms with van der Waals surface area (Å²) in [5.41, 5.74) is 5.27. The Morgan fingerprint density at radius 1 is 1.14 bits per heavy atom. The van der Waals surface area contributed by atoms with E-state index in [-0.39, 0.29) is 6.42 Å². The van der Waals surface area contributed by atoms with Crippen LogP contribution in [-0.2, 0) is 6.42 Å². The minimum absolute atomic E-state index is 0.330. The standard InChI is InChI=1S/C9H9F4N/c10-7-3-1-6(2-4-7)5-8(14)9(11,12)13/h1-4,8H,5,14H2/t8-/m0/s1. The van der Waals surface area contributed by atoms with Crippen molar-refractivity contribution in [2.45, 2.75) is 18.6 Å². The molecule has 1 rings (SSSR count). The highest BCUT2D eigenvalue weighted by molar-refractivity contribution is 5.17. The summed E-state index contributed by atoms with van der Waals surface area (Å²) in [5.74, 6) is -0.477. The van der Waals surface area contributed by atoms with E-state index in [2.05, 4.69) is 0 Å². The minimum atomic E-state index is -4.41. The number of nitrogens with two attached hydrogens (primary N) is 1. The maximum Gasteiger partial charge on any atom is 0.403 e. The van der Waals surface area contributed by atoms with Crippen molar-refractivity contribution >= 4 is 0 Å². The smallest absolute Gasteiger partial charge is 0.320 e. The SMILES string of the molecule is N[C@@H](Cc1ccc(F)cc1)C(F)(F)F. The van der Waals surface area contributed by atoms with Gasteiger partial charge in [0.2, 0.25) is 0 Å². The molecule has 0 radical (unpaired) electrons. The van der Waals surface area contributed by atoms with E-state index in [4.69, 9.17) is 5.73 Å². The fourth-order valence-electron chi connectivity index (χ4n) is 0.990. The summed E-state index contributed by atoms with van der Waals surface area (Å²) >= 11 is 0. The third-order valence-corrected chi connectivity index (χ3v) is 1.79. The molecule has 0 unspecified atom stereocenters. The molecular weight excluding hydrogens is 198 g/mol. The van der Waals surface area contributed by atoms with Crippen molar-refractivity contribution in [1.29, 1.82) is 0 Å². The molecule has 0 fully saturated rings. The van der Waals surface area contributed by atoms with Crippen molar-refractivity contribution in [2.75, 3.05) is 0 Å². The maximum absolute atomic E-state index is 12.4. The molecular formula is C9H9F4N. The molecule has 5 heteroatoms. The van der Waals surface area contributed by atoms with Crippen LogP contribution in [-0.4, -0.2) is 12.2 Å². The fraction of sp³-hybridized carbons (Fsp3) is 0.333. The molecule has 0 saturated heterocycles. The molecule has 0 aliphatic carbocycles. The predicted octanol–water partition coefficient (Wildman–Crippen LogP) is 2.26. The minimum Gasteiger partial charge on any atom is -0.320 e. The summed E-state index contributed by atoms with van der Waals surface area (Å²) in [6.07, 6.45) is -4.74. The third-order valence-electron chi connectivity index (χ3n) is 1.79. The lowest BCUT2D eigenvalue weighted by molar-refractivity contribution is -0.147. The van der Waals surface area contributed by atoms with Gasteiger partial charge in [-0.3, -0.25) is 0 Å². The Morgan fingerprint density at radius 3 is 2.07 bits per heavy atom. The predicted molar refractivity (Wildman–Crippen MR) is 44.1 cm³/mol. The third kappa shape index (κ3) is 2.99. The summed E-state index contributed by atoms with van der Waals surface area (Å²) in [5, 5.41) is 0. The van der Waals surface area contributed by atoms with E-state index in [0.29, 0.717) is 5.56 Å². The van der Waals surface area contributed by atoms with Gasteiger partial charge in [-0.05, 0) is 24.1 Å². The van der Waals surface area contributed by atoms with Gasteiger partial charge < -0.3 is 5.73 Å². The van der Waals surface area contributed by atoms with Gasteiger partial charge in [-0.25, -0.2) is 4.39 Å². The van der Waals surface area contributed by atoms with Crippen molar-refractivity contribution < 1.29 is 17.6 Å². The van der Waals surface area contributed by atoms with Crippen LogP contribution in [0.5, 0.6) is 0 Å². The largest absolute Gasteiger partial charge is 0.403 e. The molecule has 0 bridgehead atoms. The van der Waals surface area contributed by atoms with E-state index >= 15 is 0 Å². The zero-order chi connectivity index (χ0) is 10.8. The van der Waals surface area contributed by atoms with Crippen LogP contribution in [0.2, 0.25) is 0 Å². The van der Waals surface area contributed by atoms with E-state index in [1.807, 2.05) is 0 Å². The van der Waals surface area contributed by atoms with Crippen LogP contribution in [0.1, 0.15) is 5.56 Å². The highest BCUT2D eigenvalue weighted by Crippen LogP contribution is 2.21. The summed E-state index contributed by atoms with van der Waals surface area (Å²) in [6.45, 7) is 0. The van der Waals surface area contributed by atoms with E-state index in [0.717, 1.165) is 12.1 Å². The summed E-state index contributed by atoms with van der Waals surface area (Å²) in [7, 11) is 0. The summed E-state index contributed by atoms with van der Waals surface area (Å²) < 4.78 is 48.4. The average molecular weight is 207 g/mol. The molecule has 2 N–H and O–H groups in total. The average Bonchev–Trinajstić information content (AvgIpc) is 2.07. The van der Waals surface area contributed by atoms with E-state index in [9.17, 15) is 17.6 Å². The van der Waals surface area contributed by atoms with E-state index in [1.165, 1.54) is 12.1 Å². The maximum atomic E-state index is 12.4. The molecule has 1 aromatic carbocycles. The molecule has 0 aromatic heterocycles. The molecule has 0 aliphatic rings. The zero-order valence-electron chi connectivity index (χ0n) is 7.18. The van der Waals surface area contributed by atoms with Crippen molar-refractivity contribution in [1.82, 2.24) is 0 Å². The lowest BCUT2D eigenvalue weighted by Gasteiger charge is -2.15. The Hall–Kier alpha value is -1.10. The first kappa shape index (κ1) is 11.0. The highest BCUT2D eigenvalue weighted by atomic mass is 19.4. The van der Waals surface area contributed by atoms with Crippen LogP contribution in [0.25, 0.3) is 0 Å². The van der Waals surface area contributed by atoms with Crippen molar-refractivity contribution in [2.24, 2.45) is 5.73 Å². The topological polar surface area (TPSA) is 26.0 Å². The lowest BCUT2D eigenvalue weighted by Crippen LogP contribution is -2.39. The number of rotatable bonds is 2. The number of benzene rings is 1. The zero-order valence-corrected chi connectivity index (χ0v) is 7.18. The van der Waals surface area contributed by atoms with Gasteiger partial charge in [0, 0.05) is 0 Å². The van der Waals surface area contributed by atoms with Crippen LogP contribution in [0.4, 0.5) is 17.6 Å². The quantitative estimate of drug-likeness (QED) is 0.739. The van der Waals surface area contributed by atoms with Crippen LogP contribution >= 0.6 is 0 Å². The van der Waals surface area contributed by atoms with Gasteiger partial charge in [0.25, 0.3) is 0 Å². The van der Waals surface area contributed by atoms with Crippen LogP contribution < -0.4 is 5.73 Å². The molecule has 14 heavy (non-hydrogen) atoms. The van der Waals surface area contributed by atoms with Gasteiger partial charge in [0.1, 0.15) is 11.9 Å². The van der Waals surface area contributed by atoms with Gasteiger partial charge in [0.15, 0.2) is 0 Å². The Labute approximate surface area is 78.5 Å². The Balaban J connectivity index is 2.65. The van der Waals surface area contributed by atoms with E-state index < -0.39 is 18.0 Å². The first-order valence-corrected chi connectivity index (χ1v) is 3.96. The number of hydrogen-bond donors (Lipinski definition) is 1. The lowest BCUT2D eigenvalue weighted by atomic mass is 10.1. The van der Waals surface area contributed by atoms with Crippen LogP contribution in [0, 0.1) is 5.82 Å². The molecule has 0 saturated carbocycles. The second-order valence-electron chi connectivity index (χ2n) is 2.98. The second-order valence-corrected chi connectivity index (χ2v) is 2.98. The molecule has 1 aromatic rings. The normalized spacial score (nSPS) is 14.1. The van der Waals surface area contributed by atoms with Crippen LogP contribution in [0.15, 0.2) is 24.3 Å². The fourth-order valence-corrected chi connectivity index (χ4v) is 0.990. The Morgan fingerprint density at radius 2 is 1.64 bits per heavy atom. The second kappa shape index (κ2) is 3.96. The molecule has 1 atom stereocenters. The van der Waals surface area contributed by atoms with Crippen molar-refractivity contribution in [3.8, 4) is 0 Å². The first-order valence-electron chi connectivity index (χ1n) is 3.96. The monoisotopic (exact) mass is 207 g/mol. The van der Waals surface area contributed by atoms with Crippen molar-refractivity contribution in [3.05, 3.63) is 35.6 Å². The molecule has 0 spiro atoms. The Kier molecular flexibility index (Phi) is 3.10. The van der Waals surface area contributed by atoms with Gasteiger partial charge in [0.05, 0.1) is 0 Å². The van der Waals surface area contributed by atoms with E-state index in [1.54, 1.807) is 0 Å². The molecule has 1 nitrogen and oxygen atoms in total. The molecule has 0 aliphatic heterocycles. The van der Waals surface area contributed by atoms with Gasteiger partial charge in [-0.15, -0.1) is 0 Å². The van der Waals surface area contributed by atoms with Gasteiger partial charge in [-0.1, -0.05) is 12.1 Å².